The molecule has 0 radical (unpaired) electrons. The van der Waals surface area contributed by atoms with Crippen LogP contribution in [0.2, 0.25) is 0 Å². The molecule has 0 aliphatic carbocycles. The molecule has 1 aromatic rings. The molecule has 0 unspecified atom stereocenters. The van der Waals surface area contributed by atoms with Gasteiger partial charge in [-0.15, -0.1) is 0 Å². The molecule has 0 aromatic carbocycles. The Bertz CT molecular complexity index is 341. The fourth-order valence-electron chi connectivity index (χ4n) is 2.08. The van der Waals surface area contributed by atoms with Crippen LogP contribution >= 0.6 is 22.6 Å². The summed E-state index contributed by atoms with van der Waals surface area (Å²) in [5, 5.41) is 3.32. The van der Waals surface area contributed by atoms with Crippen molar-refractivity contribution >= 4 is 28.5 Å². The average Bonchev–Trinajstić information content (AvgIpc) is 2.04. The quantitative estimate of drug-likeness (QED) is 0.773. The summed E-state index contributed by atoms with van der Waals surface area (Å²) < 4.78 is 1.09. The first-order valence-electron chi connectivity index (χ1n) is 4.76. The third-order valence-electron chi connectivity index (χ3n) is 3.13. The van der Waals surface area contributed by atoms with Gasteiger partial charge in [-0.2, -0.15) is 0 Å². The molecule has 14 heavy (non-hydrogen) atoms. The molecule has 2 fully saturated rings. The predicted octanol–water partition coefficient (Wildman–Crippen LogP) is 0.633. The number of nitrogens with one attached hydrogen (secondary N) is 1. The van der Waals surface area contributed by atoms with Crippen LogP contribution in [0.3, 0.4) is 0 Å². The fourth-order valence-corrected chi connectivity index (χ4v) is 2.36. The van der Waals surface area contributed by atoms with Gasteiger partial charge in [-0.25, -0.2) is 9.97 Å². The van der Waals surface area contributed by atoms with Gasteiger partial charge in [0.2, 0.25) is 5.95 Å². The lowest BCUT2D eigenvalue weighted by atomic mass is 9.79. The minimum absolute atomic E-state index is 0.354. The van der Waals surface area contributed by atoms with Crippen molar-refractivity contribution in [2.24, 2.45) is 0 Å². The van der Waals surface area contributed by atoms with E-state index in [1.165, 1.54) is 6.42 Å². The van der Waals surface area contributed by atoms with Gasteiger partial charge in [0.25, 0.3) is 0 Å². The number of aromatic nitrogens is 2. The number of rotatable bonds is 1. The maximum atomic E-state index is 4.36. The van der Waals surface area contributed by atoms with Gasteiger partial charge in [-0.05, 0) is 29.0 Å². The first-order chi connectivity index (χ1) is 6.80. The van der Waals surface area contributed by atoms with E-state index >= 15 is 0 Å². The van der Waals surface area contributed by atoms with Crippen molar-refractivity contribution < 1.29 is 0 Å². The van der Waals surface area contributed by atoms with Gasteiger partial charge in [0, 0.05) is 35.6 Å². The Kier molecular flexibility index (Phi) is 1.91. The van der Waals surface area contributed by atoms with Crippen LogP contribution in [0.25, 0.3) is 0 Å². The van der Waals surface area contributed by atoms with Crippen molar-refractivity contribution in [1.82, 2.24) is 15.3 Å². The molecule has 2 aliphatic heterocycles. The highest BCUT2D eigenvalue weighted by Crippen LogP contribution is 2.36. The molecule has 2 saturated heterocycles. The Morgan fingerprint density at radius 3 is 2.50 bits per heavy atom. The summed E-state index contributed by atoms with van der Waals surface area (Å²) >= 11 is 2.23. The monoisotopic (exact) mass is 302 g/mol. The minimum Gasteiger partial charge on any atom is -0.332 e. The zero-order valence-electron chi connectivity index (χ0n) is 7.70. The molecule has 0 amide bonds. The third-order valence-corrected chi connectivity index (χ3v) is 3.69. The first kappa shape index (κ1) is 8.84. The van der Waals surface area contributed by atoms with Gasteiger partial charge in [-0.1, -0.05) is 0 Å². The van der Waals surface area contributed by atoms with Gasteiger partial charge >= 0.3 is 0 Å². The number of halogens is 1. The average molecular weight is 302 g/mol. The van der Waals surface area contributed by atoms with E-state index in [1.807, 2.05) is 12.4 Å². The number of hydrogen-bond donors (Lipinski definition) is 1. The zero-order valence-corrected chi connectivity index (χ0v) is 9.86. The highest BCUT2D eigenvalue weighted by atomic mass is 127. The van der Waals surface area contributed by atoms with E-state index in [9.17, 15) is 0 Å². The summed E-state index contributed by atoms with van der Waals surface area (Å²) in [5.74, 6) is 0.887. The van der Waals surface area contributed by atoms with Crippen LogP contribution in [-0.2, 0) is 0 Å². The molecule has 0 saturated carbocycles. The van der Waals surface area contributed by atoms with Gasteiger partial charge in [0.15, 0.2) is 0 Å². The minimum atomic E-state index is 0.354. The molecule has 2 aliphatic rings. The number of hydrogen-bond acceptors (Lipinski definition) is 4. The molecule has 1 spiro atoms. The van der Waals surface area contributed by atoms with Crippen LogP contribution in [0.5, 0.6) is 0 Å². The van der Waals surface area contributed by atoms with E-state index in [0.717, 1.165) is 29.2 Å². The summed E-state index contributed by atoms with van der Waals surface area (Å²) in [7, 11) is 0. The van der Waals surface area contributed by atoms with Crippen LogP contribution in [0.4, 0.5) is 5.95 Å². The second-order valence-corrected chi connectivity index (χ2v) is 5.18. The van der Waals surface area contributed by atoms with Crippen LogP contribution in [0.15, 0.2) is 12.4 Å². The molecule has 74 valence electrons. The summed E-state index contributed by atoms with van der Waals surface area (Å²) in [6.45, 7) is 3.27. The topological polar surface area (TPSA) is 41.1 Å². The second kappa shape index (κ2) is 3.03. The zero-order chi connectivity index (χ0) is 9.60. The third kappa shape index (κ3) is 1.15. The Labute approximate surface area is 96.3 Å². The lowest BCUT2D eigenvalue weighted by molar-refractivity contribution is 0.176. The molecule has 4 nitrogen and oxygen atoms in total. The fraction of sp³-hybridized carbons (Fsp3) is 0.556. The normalized spacial score (nSPS) is 23.1. The van der Waals surface area contributed by atoms with E-state index in [-0.39, 0.29) is 0 Å². The number of nitrogens with zero attached hydrogens (tertiary/aromatic N) is 3. The summed E-state index contributed by atoms with van der Waals surface area (Å²) in [5.41, 5.74) is 0.354. The van der Waals surface area contributed by atoms with E-state index in [2.05, 4.69) is 42.8 Å². The molecular weight excluding hydrogens is 291 g/mol. The highest BCUT2D eigenvalue weighted by Gasteiger charge is 2.50. The van der Waals surface area contributed by atoms with E-state index in [1.54, 1.807) is 0 Å². The molecular formula is C9H11IN4. The molecule has 5 heteroatoms. The summed E-state index contributed by atoms with van der Waals surface area (Å²) in [6, 6.07) is 0. The van der Waals surface area contributed by atoms with Gasteiger partial charge in [0.05, 0.1) is 5.54 Å². The van der Waals surface area contributed by atoms with E-state index in [4.69, 9.17) is 0 Å². The molecule has 3 rings (SSSR count). The summed E-state index contributed by atoms with van der Waals surface area (Å²) in [4.78, 5) is 11.0. The Hall–Kier alpha value is -0.430. The smallest absolute Gasteiger partial charge is 0.225 e. The number of anilines is 1. The molecule has 0 bridgehead atoms. The van der Waals surface area contributed by atoms with Crippen LogP contribution in [-0.4, -0.2) is 35.1 Å². The lowest BCUT2D eigenvalue weighted by Crippen LogP contribution is -2.76. The SMILES string of the molecule is Ic1cnc(N2CCC23CNC3)nc1. The lowest BCUT2D eigenvalue weighted by Gasteiger charge is -2.58. The second-order valence-electron chi connectivity index (χ2n) is 3.93. The molecule has 3 heterocycles. The highest BCUT2D eigenvalue weighted by molar-refractivity contribution is 14.1. The predicted molar refractivity (Wildman–Crippen MR) is 62.3 cm³/mol. The van der Waals surface area contributed by atoms with Crippen LogP contribution < -0.4 is 10.2 Å². The molecule has 1 N–H and O–H groups in total. The van der Waals surface area contributed by atoms with Crippen molar-refractivity contribution in [3.63, 3.8) is 0 Å². The van der Waals surface area contributed by atoms with Gasteiger partial charge < -0.3 is 10.2 Å². The Morgan fingerprint density at radius 2 is 2.07 bits per heavy atom. The Balaban J connectivity index is 1.85. The van der Waals surface area contributed by atoms with Crippen molar-refractivity contribution in [3.05, 3.63) is 16.0 Å². The van der Waals surface area contributed by atoms with Crippen molar-refractivity contribution in [3.8, 4) is 0 Å². The molecule has 0 atom stereocenters. The van der Waals surface area contributed by atoms with Crippen LogP contribution in [0.1, 0.15) is 6.42 Å². The Morgan fingerprint density at radius 1 is 1.36 bits per heavy atom. The van der Waals surface area contributed by atoms with E-state index < -0.39 is 0 Å². The van der Waals surface area contributed by atoms with Gasteiger partial charge in [-0.3, -0.25) is 0 Å². The van der Waals surface area contributed by atoms with Crippen molar-refractivity contribution in [2.45, 2.75) is 12.0 Å². The maximum Gasteiger partial charge on any atom is 0.225 e. The molecule has 1 aromatic heterocycles. The first-order valence-corrected chi connectivity index (χ1v) is 5.84. The van der Waals surface area contributed by atoms with E-state index in [0.29, 0.717) is 5.54 Å². The van der Waals surface area contributed by atoms with Crippen LogP contribution in [0, 0.1) is 3.57 Å². The van der Waals surface area contributed by atoms with Crippen molar-refractivity contribution in [2.75, 3.05) is 24.5 Å². The standard InChI is InChI=1S/C9H11IN4/c10-7-3-12-8(13-4-7)14-2-1-9(14)5-11-6-9/h3-4,11H,1-2,5-6H2. The maximum absolute atomic E-state index is 4.36. The van der Waals surface area contributed by atoms with Gasteiger partial charge in [0.1, 0.15) is 0 Å². The van der Waals surface area contributed by atoms with Crippen molar-refractivity contribution in [1.29, 1.82) is 0 Å². The largest absolute Gasteiger partial charge is 0.332 e. The summed E-state index contributed by atoms with van der Waals surface area (Å²) in [6.07, 6.45) is 5.03.